The van der Waals surface area contributed by atoms with Crippen molar-refractivity contribution in [3.8, 4) is 17.2 Å². The largest absolute Gasteiger partial charge is 0.497 e. The summed E-state index contributed by atoms with van der Waals surface area (Å²) in [4.78, 5) is 14.8. The SMILES string of the molecule is CCC(C)N(Cc1ccc(OS(=O)(=O)CC)cc1)C(=O)Nc1ccc(OC)cc1OC. The van der Waals surface area contributed by atoms with Crippen LogP contribution >= 0.6 is 0 Å². The summed E-state index contributed by atoms with van der Waals surface area (Å²) in [5, 5.41) is 2.90. The Kier molecular flexibility index (Phi) is 8.56. The van der Waals surface area contributed by atoms with Gasteiger partial charge in [0.05, 0.1) is 25.7 Å². The molecule has 0 aliphatic heterocycles. The molecule has 8 nitrogen and oxygen atoms in total. The van der Waals surface area contributed by atoms with E-state index in [1.54, 1.807) is 54.5 Å². The normalized spacial score (nSPS) is 12.0. The van der Waals surface area contributed by atoms with Gasteiger partial charge in [0.25, 0.3) is 0 Å². The third kappa shape index (κ3) is 6.78. The number of nitrogens with one attached hydrogen (secondary N) is 1. The first-order valence-corrected chi connectivity index (χ1v) is 11.6. The zero-order chi connectivity index (χ0) is 23.0. The van der Waals surface area contributed by atoms with Gasteiger partial charge in [-0.25, -0.2) is 4.79 Å². The zero-order valence-electron chi connectivity index (χ0n) is 18.5. The number of carbonyl (C=O) groups is 1. The van der Waals surface area contributed by atoms with Gasteiger partial charge in [-0.3, -0.25) is 0 Å². The third-order valence-electron chi connectivity index (χ3n) is 4.89. The maximum atomic E-state index is 13.1. The van der Waals surface area contributed by atoms with E-state index < -0.39 is 10.1 Å². The van der Waals surface area contributed by atoms with Gasteiger partial charge in [0, 0.05) is 18.7 Å². The molecule has 2 rings (SSSR count). The van der Waals surface area contributed by atoms with E-state index in [0.717, 1.165) is 12.0 Å². The van der Waals surface area contributed by atoms with Crippen LogP contribution in [-0.4, -0.2) is 45.4 Å². The van der Waals surface area contributed by atoms with Gasteiger partial charge < -0.3 is 23.9 Å². The Morgan fingerprint density at radius 2 is 1.68 bits per heavy atom. The molecule has 1 N–H and O–H groups in total. The number of carbonyl (C=O) groups excluding carboxylic acids is 1. The van der Waals surface area contributed by atoms with Gasteiger partial charge >= 0.3 is 16.1 Å². The summed E-state index contributed by atoms with van der Waals surface area (Å²) >= 11 is 0. The Morgan fingerprint density at radius 1 is 1.03 bits per heavy atom. The van der Waals surface area contributed by atoms with Crippen molar-refractivity contribution >= 4 is 21.8 Å². The molecule has 2 aromatic rings. The average molecular weight is 451 g/mol. The molecule has 2 aromatic carbocycles. The van der Waals surface area contributed by atoms with Gasteiger partial charge in [-0.1, -0.05) is 19.1 Å². The minimum absolute atomic E-state index is 0.0272. The summed E-state index contributed by atoms with van der Waals surface area (Å²) in [6, 6.07) is 11.5. The lowest BCUT2D eigenvalue weighted by atomic mass is 10.1. The number of hydrogen-bond acceptors (Lipinski definition) is 6. The highest BCUT2D eigenvalue weighted by molar-refractivity contribution is 7.87. The molecule has 1 unspecified atom stereocenters. The number of anilines is 1. The summed E-state index contributed by atoms with van der Waals surface area (Å²) in [5.74, 6) is 1.26. The molecule has 1 atom stereocenters. The summed E-state index contributed by atoms with van der Waals surface area (Å²) < 4.78 is 38.8. The molecule has 2 amide bonds. The van der Waals surface area contributed by atoms with E-state index in [2.05, 4.69) is 5.32 Å². The Bertz CT molecular complexity index is 976. The number of rotatable bonds is 10. The Morgan fingerprint density at radius 3 is 2.23 bits per heavy atom. The van der Waals surface area contributed by atoms with Crippen molar-refractivity contribution in [1.82, 2.24) is 4.90 Å². The lowest BCUT2D eigenvalue weighted by molar-refractivity contribution is 0.187. The van der Waals surface area contributed by atoms with Gasteiger partial charge in [-0.15, -0.1) is 0 Å². The van der Waals surface area contributed by atoms with Gasteiger partial charge in [0.2, 0.25) is 0 Å². The molecule has 0 saturated heterocycles. The minimum atomic E-state index is -3.58. The molecule has 0 spiro atoms. The monoisotopic (exact) mass is 450 g/mol. The second-order valence-corrected chi connectivity index (χ2v) is 8.81. The van der Waals surface area contributed by atoms with E-state index in [0.29, 0.717) is 23.7 Å². The maximum absolute atomic E-state index is 13.1. The first kappa shape index (κ1) is 24.3. The molecule has 0 radical (unpaired) electrons. The third-order valence-corrected chi connectivity index (χ3v) is 6.04. The van der Waals surface area contributed by atoms with Crippen molar-refractivity contribution < 1.29 is 26.9 Å². The Balaban J connectivity index is 2.18. The quantitative estimate of drug-likeness (QED) is 0.544. The van der Waals surface area contributed by atoms with Crippen molar-refractivity contribution in [2.45, 2.75) is 39.8 Å². The lowest BCUT2D eigenvalue weighted by Gasteiger charge is -2.29. The van der Waals surface area contributed by atoms with Crippen LogP contribution in [0.15, 0.2) is 42.5 Å². The molecule has 0 heterocycles. The van der Waals surface area contributed by atoms with Crippen LogP contribution in [0.1, 0.15) is 32.8 Å². The molecule has 9 heteroatoms. The van der Waals surface area contributed by atoms with Gasteiger partial charge in [-0.05, 0) is 50.1 Å². The predicted octanol–water partition coefficient (Wildman–Crippen LogP) is 4.26. The van der Waals surface area contributed by atoms with Gasteiger partial charge in [-0.2, -0.15) is 8.42 Å². The Hall–Kier alpha value is -2.94. The van der Waals surface area contributed by atoms with Crippen LogP contribution in [0, 0.1) is 0 Å². The first-order chi connectivity index (χ1) is 14.7. The number of amides is 2. The fraction of sp³-hybridized carbons (Fsp3) is 0.409. The van der Waals surface area contributed by atoms with Crippen molar-refractivity contribution in [2.75, 3.05) is 25.3 Å². The molecule has 0 saturated carbocycles. The van der Waals surface area contributed by atoms with E-state index in [4.69, 9.17) is 13.7 Å². The van der Waals surface area contributed by atoms with Crippen LogP contribution in [0.5, 0.6) is 17.2 Å². The standard InChI is InChI=1S/C22H30N2O6S/c1-6-16(3)24(15-17-8-10-18(11-9-17)30-31(26,27)7-2)22(25)23-20-13-12-19(28-4)14-21(20)29-5/h8-14,16H,6-7,15H2,1-5H3,(H,23,25). The van der Waals surface area contributed by atoms with Crippen molar-refractivity contribution in [2.24, 2.45) is 0 Å². The van der Waals surface area contributed by atoms with Crippen molar-refractivity contribution in [3.05, 3.63) is 48.0 Å². The summed E-state index contributed by atoms with van der Waals surface area (Å²) in [6.45, 7) is 5.84. The molecule has 0 bridgehead atoms. The number of nitrogens with zero attached hydrogens (tertiary/aromatic N) is 1. The van der Waals surface area contributed by atoms with Gasteiger partial charge in [0.1, 0.15) is 17.2 Å². The molecular weight excluding hydrogens is 420 g/mol. The second-order valence-electron chi connectivity index (χ2n) is 6.96. The van der Waals surface area contributed by atoms with Crippen LogP contribution in [0.3, 0.4) is 0 Å². The highest BCUT2D eigenvalue weighted by Crippen LogP contribution is 2.29. The Labute approximate surface area is 184 Å². The zero-order valence-corrected chi connectivity index (χ0v) is 19.4. The van der Waals surface area contributed by atoms with E-state index in [9.17, 15) is 13.2 Å². The van der Waals surface area contributed by atoms with Crippen LogP contribution in [-0.2, 0) is 16.7 Å². The maximum Gasteiger partial charge on any atom is 0.322 e. The van der Waals surface area contributed by atoms with Crippen LogP contribution < -0.4 is 19.0 Å². The molecular formula is C22H30N2O6S. The molecule has 0 fully saturated rings. The van der Waals surface area contributed by atoms with Crippen LogP contribution in [0.2, 0.25) is 0 Å². The van der Waals surface area contributed by atoms with Crippen molar-refractivity contribution in [3.63, 3.8) is 0 Å². The molecule has 0 aliphatic carbocycles. The highest BCUT2D eigenvalue weighted by atomic mass is 32.2. The van der Waals surface area contributed by atoms with Gasteiger partial charge in [0.15, 0.2) is 0 Å². The first-order valence-electron chi connectivity index (χ1n) is 10.0. The topological polar surface area (TPSA) is 94.2 Å². The minimum Gasteiger partial charge on any atom is -0.497 e. The lowest BCUT2D eigenvalue weighted by Crippen LogP contribution is -2.40. The average Bonchev–Trinajstić information content (AvgIpc) is 2.77. The fourth-order valence-electron chi connectivity index (χ4n) is 2.79. The van der Waals surface area contributed by atoms with E-state index in [1.165, 1.54) is 14.0 Å². The molecule has 170 valence electrons. The summed E-state index contributed by atoms with van der Waals surface area (Å²) in [7, 11) is -0.493. The van der Waals surface area contributed by atoms with Crippen molar-refractivity contribution in [1.29, 1.82) is 0 Å². The molecule has 31 heavy (non-hydrogen) atoms. The summed E-state index contributed by atoms with van der Waals surface area (Å²) in [6.07, 6.45) is 0.767. The number of benzene rings is 2. The smallest absolute Gasteiger partial charge is 0.322 e. The predicted molar refractivity (Wildman–Crippen MR) is 120 cm³/mol. The fourth-order valence-corrected chi connectivity index (χ4v) is 3.31. The summed E-state index contributed by atoms with van der Waals surface area (Å²) in [5.41, 5.74) is 1.38. The second kappa shape index (κ2) is 10.9. The van der Waals surface area contributed by atoms with E-state index in [-0.39, 0.29) is 23.6 Å². The molecule has 0 aromatic heterocycles. The van der Waals surface area contributed by atoms with E-state index in [1.807, 2.05) is 13.8 Å². The number of methoxy groups -OCH3 is 2. The van der Waals surface area contributed by atoms with Crippen LogP contribution in [0.25, 0.3) is 0 Å². The number of hydrogen-bond donors (Lipinski definition) is 1. The van der Waals surface area contributed by atoms with Crippen LogP contribution in [0.4, 0.5) is 10.5 Å². The number of urea groups is 1. The highest BCUT2D eigenvalue weighted by Gasteiger charge is 2.21. The van der Waals surface area contributed by atoms with E-state index >= 15 is 0 Å². The number of ether oxygens (including phenoxy) is 2. The molecule has 0 aliphatic rings.